The van der Waals surface area contributed by atoms with E-state index in [1.807, 2.05) is 12.1 Å². The Kier molecular flexibility index (Phi) is 3.78. The van der Waals surface area contributed by atoms with Crippen molar-refractivity contribution in [1.82, 2.24) is 10.6 Å². The Morgan fingerprint density at radius 1 is 1.24 bits per heavy atom. The minimum atomic E-state index is -3.58. The van der Waals surface area contributed by atoms with Crippen molar-refractivity contribution >= 4 is 10.0 Å². The van der Waals surface area contributed by atoms with Crippen LogP contribution in [0.2, 0.25) is 0 Å². The van der Waals surface area contributed by atoms with Gasteiger partial charge in [0.05, 0.1) is 4.90 Å². The van der Waals surface area contributed by atoms with Crippen molar-refractivity contribution in [2.24, 2.45) is 5.14 Å². The molecule has 1 aliphatic heterocycles. The molecule has 4 N–H and O–H groups in total. The third-order valence-electron chi connectivity index (χ3n) is 2.86. The third-order valence-corrected chi connectivity index (χ3v) is 3.79. The van der Waals surface area contributed by atoms with Crippen LogP contribution in [0, 0.1) is 0 Å². The van der Waals surface area contributed by atoms with E-state index in [1.54, 1.807) is 12.1 Å². The van der Waals surface area contributed by atoms with Crippen molar-refractivity contribution in [3.05, 3.63) is 29.8 Å². The van der Waals surface area contributed by atoms with Crippen molar-refractivity contribution in [3.8, 4) is 0 Å². The van der Waals surface area contributed by atoms with Crippen LogP contribution in [0.4, 0.5) is 0 Å². The second kappa shape index (κ2) is 5.14. The van der Waals surface area contributed by atoms with E-state index in [0.717, 1.165) is 31.6 Å². The molecule has 6 heteroatoms. The second-order valence-corrected chi connectivity index (χ2v) is 5.81. The summed E-state index contributed by atoms with van der Waals surface area (Å²) in [7, 11) is -3.58. The Bertz CT molecular complexity index is 464. The summed E-state index contributed by atoms with van der Waals surface area (Å²) < 4.78 is 22.2. The van der Waals surface area contributed by atoms with E-state index in [0.29, 0.717) is 6.04 Å². The van der Waals surface area contributed by atoms with E-state index < -0.39 is 10.0 Å². The van der Waals surface area contributed by atoms with Crippen LogP contribution in [-0.2, 0) is 16.4 Å². The fraction of sp³-hybridized carbons (Fsp3) is 0.455. The van der Waals surface area contributed by atoms with Crippen LogP contribution in [0.15, 0.2) is 29.2 Å². The maximum Gasteiger partial charge on any atom is 0.238 e. The van der Waals surface area contributed by atoms with Gasteiger partial charge >= 0.3 is 0 Å². The van der Waals surface area contributed by atoms with Crippen molar-refractivity contribution in [2.75, 3.05) is 19.6 Å². The summed E-state index contributed by atoms with van der Waals surface area (Å²) in [6.07, 6.45) is 0.887. The number of nitrogens with one attached hydrogen (secondary N) is 2. The average Bonchev–Trinajstić information content (AvgIpc) is 2.30. The van der Waals surface area contributed by atoms with E-state index in [-0.39, 0.29) is 4.90 Å². The van der Waals surface area contributed by atoms with Crippen molar-refractivity contribution in [2.45, 2.75) is 17.4 Å². The van der Waals surface area contributed by atoms with Gasteiger partial charge < -0.3 is 10.6 Å². The average molecular weight is 255 g/mol. The number of nitrogens with two attached hydrogens (primary N) is 1. The van der Waals surface area contributed by atoms with Gasteiger partial charge in [0.1, 0.15) is 0 Å². The first kappa shape index (κ1) is 12.5. The van der Waals surface area contributed by atoms with E-state index >= 15 is 0 Å². The van der Waals surface area contributed by atoms with Crippen LogP contribution in [0.1, 0.15) is 5.56 Å². The molecule has 1 saturated heterocycles. The molecule has 1 heterocycles. The van der Waals surface area contributed by atoms with E-state index in [2.05, 4.69) is 10.6 Å². The molecule has 1 atom stereocenters. The Balaban J connectivity index is 2.03. The van der Waals surface area contributed by atoms with Crippen molar-refractivity contribution < 1.29 is 8.42 Å². The molecule has 0 unspecified atom stereocenters. The lowest BCUT2D eigenvalue weighted by molar-refractivity contribution is 0.416. The van der Waals surface area contributed by atoms with Gasteiger partial charge in [0.2, 0.25) is 10.0 Å². The van der Waals surface area contributed by atoms with E-state index in [9.17, 15) is 8.42 Å². The number of piperazine rings is 1. The molecule has 0 aromatic heterocycles. The molecule has 1 fully saturated rings. The van der Waals surface area contributed by atoms with Crippen LogP contribution in [0.5, 0.6) is 0 Å². The van der Waals surface area contributed by atoms with Crippen LogP contribution in [-0.4, -0.2) is 34.1 Å². The third kappa shape index (κ3) is 3.50. The molecule has 0 spiro atoms. The van der Waals surface area contributed by atoms with Gasteiger partial charge in [0.15, 0.2) is 0 Å². The van der Waals surface area contributed by atoms with E-state index in [1.165, 1.54) is 0 Å². The number of benzene rings is 1. The summed E-state index contributed by atoms with van der Waals surface area (Å²) in [5.74, 6) is 0. The standard InChI is InChI=1S/C11H17N3O2S/c12-17(15,16)11-3-1-9(2-4-11)7-10-8-13-5-6-14-10/h1-4,10,13-14H,5-8H2,(H2,12,15,16)/t10-/m1/s1. The zero-order valence-corrected chi connectivity index (χ0v) is 10.3. The lowest BCUT2D eigenvalue weighted by atomic mass is 10.1. The Morgan fingerprint density at radius 2 is 1.94 bits per heavy atom. The van der Waals surface area contributed by atoms with Crippen LogP contribution in [0.25, 0.3) is 0 Å². The normalized spacial score (nSPS) is 21.4. The van der Waals surface area contributed by atoms with Gasteiger partial charge in [-0.1, -0.05) is 12.1 Å². The molecule has 1 aliphatic rings. The Hall–Kier alpha value is -0.950. The lowest BCUT2D eigenvalue weighted by Crippen LogP contribution is -2.49. The summed E-state index contributed by atoms with van der Waals surface area (Å²) in [4.78, 5) is 0.163. The molecule has 1 aromatic rings. The summed E-state index contributed by atoms with van der Waals surface area (Å²) in [6, 6.07) is 7.15. The summed E-state index contributed by atoms with van der Waals surface area (Å²) in [5, 5.41) is 11.8. The van der Waals surface area contributed by atoms with Gasteiger partial charge in [-0.15, -0.1) is 0 Å². The van der Waals surface area contributed by atoms with Gasteiger partial charge in [0.25, 0.3) is 0 Å². The predicted molar refractivity (Wildman–Crippen MR) is 66.2 cm³/mol. The van der Waals surface area contributed by atoms with Crippen molar-refractivity contribution in [1.29, 1.82) is 0 Å². The summed E-state index contributed by atoms with van der Waals surface area (Å²) >= 11 is 0. The smallest absolute Gasteiger partial charge is 0.238 e. The highest BCUT2D eigenvalue weighted by Gasteiger charge is 2.13. The summed E-state index contributed by atoms with van der Waals surface area (Å²) in [6.45, 7) is 2.91. The lowest BCUT2D eigenvalue weighted by Gasteiger charge is -2.24. The van der Waals surface area contributed by atoms with Gasteiger partial charge in [0, 0.05) is 25.7 Å². The maximum atomic E-state index is 11.1. The van der Waals surface area contributed by atoms with Gasteiger partial charge in [-0.05, 0) is 24.1 Å². The quantitative estimate of drug-likeness (QED) is 0.676. The van der Waals surface area contributed by atoms with E-state index in [4.69, 9.17) is 5.14 Å². The monoisotopic (exact) mass is 255 g/mol. The highest BCUT2D eigenvalue weighted by Crippen LogP contribution is 2.10. The van der Waals surface area contributed by atoms with Crippen LogP contribution in [0.3, 0.4) is 0 Å². The highest BCUT2D eigenvalue weighted by atomic mass is 32.2. The summed E-state index contributed by atoms with van der Waals surface area (Å²) in [5.41, 5.74) is 1.11. The molecular formula is C11H17N3O2S. The minimum absolute atomic E-state index is 0.163. The molecule has 0 bridgehead atoms. The maximum absolute atomic E-state index is 11.1. The number of sulfonamides is 1. The number of primary sulfonamides is 1. The van der Waals surface area contributed by atoms with Crippen molar-refractivity contribution in [3.63, 3.8) is 0 Å². The molecular weight excluding hydrogens is 238 g/mol. The molecule has 94 valence electrons. The van der Waals surface area contributed by atoms with Gasteiger partial charge in [-0.3, -0.25) is 0 Å². The topological polar surface area (TPSA) is 84.2 Å². The van der Waals surface area contributed by atoms with Crippen LogP contribution < -0.4 is 15.8 Å². The predicted octanol–water partition coefficient (Wildman–Crippen LogP) is -0.562. The molecule has 0 aliphatic carbocycles. The first-order valence-electron chi connectivity index (χ1n) is 5.61. The molecule has 0 amide bonds. The molecule has 5 nitrogen and oxygen atoms in total. The number of hydrogen-bond acceptors (Lipinski definition) is 4. The largest absolute Gasteiger partial charge is 0.314 e. The zero-order chi connectivity index (χ0) is 12.3. The number of hydrogen-bond donors (Lipinski definition) is 3. The first-order chi connectivity index (χ1) is 8.05. The number of rotatable bonds is 3. The minimum Gasteiger partial charge on any atom is -0.314 e. The Morgan fingerprint density at radius 3 is 2.47 bits per heavy atom. The SMILES string of the molecule is NS(=O)(=O)c1ccc(C[C@@H]2CNCCN2)cc1. The molecule has 17 heavy (non-hydrogen) atoms. The van der Waals surface area contributed by atoms with Gasteiger partial charge in [-0.2, -0.15) is 0 Å². The fourth-order valence-corrected chi connectivity index (χ4v) is 2.47. The zero-order valence-electron chi connectivity index (χ0n) is 9.52. The molecule has 1 aromatic carbocycles. The highest BCUT2D eigenvalue weighted by molar-refractivity contribution is 7.89. The molecule has 2 rings (SSSR count). The molecule has 0 radical (unpaired) electrons. The van der Waals surface area contributed by atoms with Crippen LogP contribution >= 0.6 is 0 Å². The first-order valence-corrected chi connectivity index (χ1v) is 7.16. The fourth-order valence-electron chi connectivity index (χ4n) is 1.96. The Labute approximate surface area is 101 Å². The second-order valence-electron chi connectivity index (χ2n) is 4.25. The molecule has 0 saturated carbocycles. The van der Waals surface area contributed by atoms with Gasteiger partial charge in [-0.25, -0.2) is 13.6 Å².